The molecule has 0 spiro atoms. The number of rotatable bonds is 1. The molecule has 1 aromatic rings. The van der Waals surface area contributed by atoms with Crippen molar-refractivity contribution >= 4 is 21.4 Å². The summed E-state index contributed by atoms with van der Waals surface area (Å²) in [7, 11) is -3.54. The van der Waals surface area contributed by atoms with Crippen LogP contribution in [0.2, 0.25) is 0 Å². The molecule has 2 N–H and O–H groups in total. The Morgan fingerprint density at radius 3 is 2.53 bits per heavy atom. The van der Waals surface area contributed by atoms with Crippen LogP contribution < -0.4 is 10.0 Å². The third-order valence-corrected chi connectivity index (χ3v) is 4.50. The van der Waals surface area contributed by atoms with Crippen molar-refractivity contribution in [2.24, 2.45) is 0 Å². The normalized spacial score (nSPS) is 19.3. The first kappa shape index (κ1) is 12.1. The van der Waals surface area contributed by atoms with E-state index in [9.17, 15) is 17.2 Å². The van der Waals surface area contributed by atoms with Crippen molar-refractivity contribution in [2.45, 2.75) is 12.8 Å². The second-order valence-electron chi connectivity index (χ2n) is 3.92. The summed E-state index contributed by atoms with van der Waals surface area (Å²) in [6.07, 6.45) is 1.18. The van der Waals surface area contributed by atoms with Crippen LogP contribution >= 0.6 is 0 Å². The predicted molar refractivity (Wildman–Crippen MR) is 61.1 cm³/mol. The molecule has 17 heavy (non-hydrogen) atoms. The number of benzene rings is 1. The number of nitrogen functional groups attached to an aromatic ring is 1. The van der Waals surface area contributed by atoms with Crippen LogP contribution in [0.5, 0.6) is 0 Å². The lowest BCUT2D eigenvalue weighted by Crippen LogP contribution is -2.38. The van der Waals surface area contributed by atoms with Gasteiger partial charge in [-0.15, -0.1) is 0 Å². The largest absolute Gasteiger partial charge is 0.397 e. The Bertz CT molecular complexity index is 522. The van der Waals surface area contributed by atoms with E-state index in [1.165, 1.54) is 0 Å². The Balaban J connectivity index is 2.53. The van der Waals surface area contributed by atoms with Gasteiger partial charge < -0.3 is 5.73 Å². The molecule has 2 rings (SSSR count). The van der Waals surface area contributed by atoms with Crippen LogP contribution in [0.3, 0.4) is 0 Å². The topological polar surface area (TPSA) is 63.4 Å². The van der Waals surface area contributed by atoms with Crippen molar-refractivity contribution in [3.63, 3.8) is 0 Å². The molecule has 1 aromatic carbocycles. The Labute approximate surface area is 98.1 Å². The second-order valence-corrected chi connectivity index (χ2v) is 5.93. The summed E-state index contributed by atoms with van der Waals surface area (Å²) in [6, 6.07) is 1.55. The monoisotopic (exact) mass is 262 g/mol. The molecule has 0 radical (unpaired) electrons. The fourth-order valence-corrected chi connectivity index (χ4v) is 3.56. The molecule has 0 atom stereocenters. The van der Waals surface area contributed by atoms with E-state index in [1.54, 1.807) is 0 Å². The molecule has 1 saturated heterocycles. The summed E-state index contributed by atoms with van der Waals surface area (Å²) in [5.74, 6) is -1.81. The maximum Gasteiger partial charge on any atom is 0.235 e. The molecule has 94 valence electrons. The standard InChI is InChI=1S/C10H12F2N2O2S/c11-7-5-8(12)10(9(13)6-7)14-3-1-2-4-17(14,15)16/h5-6H,1-4,13H2. The number of hydrogen-bond donors (Lipinski definition) is 1. The summed E-state index contributed by atoms with van der Waals surface area (Å²) in [5.41, 5.74) is 5.04. The van der Waals surface area contributed by atoms with Gasteiger partial charge in [0.2, 0.25) is 10.0 Å². The minimum atomic E-state index is -3.54. The van der Waals surface area contributed by atoms with E-state index in [0.717, 1.165) is 10.4 Å². The summed E-state index contributed by atoms with van der Waals surface area (Å²) < 4.78 is 51.0. The molecule has 7 heteroatoms. The lowest BCUT2D eigenvalue weighted by atomic mass is 10.2. The molecule has 0 bridgehead atoms. The highest BCUT2D eigenvalue weighted by atomic mass is 32.2. The van der Waals surface area contributed by atoms with Gasteiger partial charge in [0.25, 0.3) is 0 Å². The van der Waals surface area contributed by atoms with Crippen LogP contribution in [-0.4, -0.2) is 20.7 Å². The summed E-state index contributed by atoms with van der Waals surface area (Å²) in [6.45, 7) is 0.176. The van der Waals surface area contributed by atoms with Gasteiger partial charge in [-0.3, -0.25) is 4.31 Å². The molecule has 0 amide bonds. The molecule has 1 aliphatic rings. The summed E-state index contributed by atoms with van der Waals surface area (Å²) in [4.78, 5) is 0. The molecular formula is C10H12F2N2O2S. The third-order valence-electron chi connectivity index (χ3n) is 2.66. The van der Waals surface area contributed by atoms with Gasteiger partial charge in [0, 0.05) is 12.6 Å². The van der Waals surface area contributed by atoms with Crippen molar-refractivity contribution in [3.05, 3.63) is 23.8 Å². The summed E-state index contributed by atoms with van der Waals surface area (Å²) >= 11 is 0. The molecule has 0 aromatic heterocycles. The predicted octanol–water partition coefficient (Wildman–Crippen LogP) is 1.48. The van der Waals surface area contributed by atoms with Gasteiger partial charge >= 0.3 is 0 Å². The van der Waals surface area contributed by atoms with Crippen LogP contribution in [0.4, 0.5) is 20.2 Å². The van der Waals surface area contributed by atoms with Crippen molar-refractivity contribution in [3.8, 4) is 0 Å². The average molecular weight is 262 g/mol. The van der Waals surface area contributed by atoms with Gasteiger partial charge in [0.15, 0.2) is 5.82 Å². The minimum absolute atomic E-state index is 0.0384. The van der Waals surface area contributed by atoms with Gasteiger partial charge in [-0.1, -0.05) is 0 Å². The van der Waals surface area contributed by atoms with E-state index >= 15 is 0 Å². The maximum absolute atomic E-state index is 13.6. The molecular weight excluding hydrogens is 250 g/mol. The Morgan fingerprint density at radius 2 is 1.94 bits per heavy atom. The molecule has 1 fully saturated rings. The Hall–Kier alpha value is -1.37. The number of nitrogens with two attached hydrogens (primary N) is 1. The second kappa shape index (κ2) is 4.14. The minimum Gasteiger partial charge on any atom is -0.397 e. The lowest BCUT2D eigenvalue weighted by molar-refractivity contribution is 0.562. The molecule has 0 saturated carbocycles. The van der Waals surface area contributed by atoms with E-state index in [4.69, 9.17) is 5.73 Å². The molecule has 0 aliphatic carbocycles. The zero-order valence-corrected chi connectivity index (χ0v) is 9.80. The van der Waals surface area contributed by atoms with Crippen molar-refractivity contribution in [1.29, 1.82) is 0 Å². The fraction of sp³-hybridized carbons (Fsp3) is 0.400. The van der Waals surface area contributed by atoms with Crippen LogP contribution in [0, 0.1) is 11.6 Å². The van der Waals surface area contributed by atoms with E-state index < -0.39 is 21.7 Å². The van der Waals surface area contributed by atoms with E-state index in [1.807, 2.05) is 0 Å². The van der Waals surface area contributed by atoms with Gasteiger partial charge in [0.05, 0.1) is 11.4 Å². The zero-order valence-electron chi connectivity index (χ0n) is 8.99. The highest BCUT2D eigenvalue weighted by molar-refractivity contribution is 7.92. The Morgan fingerprint density at radius 1 is 1.24 bits per heavy atom. The van der Waals surface area contributed by atoms with Crippen molar-refractivity contribution < 1.29 is 17.2 Å². The number of halogens is 2. The maximum atomic E-state index is 13.6. The smallest absolute Gasteiger partial charge is 0.235 e. The summed E-state index contributed by atoms with van der Waals surface area (Å²) in [5, 5.41) is 0. The van der Waals surface area contributed by atoms with Crippen LogP contribution in [0.1, 0.15) is 12.8 Å². The van der Waals surface area contributed by atoms with Gasteiger partial charge in [-0.25, -0.2) is 17.2 Å². The number of anilines is 2. The van der Waals surface area contributed by atoms with Crippen LogP contribution in [0.15, 0.2) is 12.1 Å². The number of hydrogen-bond acceptors (Lipinski definition) is 3. The molecule has 0 unspecified atom stereocenters. The first-order valence-electron chi connectivity index (χ1n) is 5.17. The van der Waals surface area contributed by atoms with Crippen LogP contribution in [-0.2, 0) is 10.0 Å². The van der Waals surface area contributed by atoms with Crippen molar-refractivity contribution in [2.75, 3.05) is 22.3 Å². The highest BCUT2D eigenvalue weighted by Gasteiger charge is 2.29. The van der Waals surface area contributed by atoms with Crippen LogP contribution in [0.25, 0.3) is 0 Å². The van der Waals surface area contributed by atoms with Gasteiger partial charge in [0.1, 0.15) is 11.5 Å². The average Bonchev–Trinajstić information content (AvgIpc) is 2.18. The first-order valence-corrected chi connectivity index (χ1v) is 6.77. The third kappa shape index (κ3) is 2.19. The fourth-order valence-electron chi connectivity index (χ4n) is 1.89. The lowest BCUT2D eigenvalue weighted by Gasteiger charge is -2.29. The molecule has 4 nitrogen and oxygen atoms in total. The highest BCUT2D eigenvalue weighted by Crippen LogP contribution is 2.32. The van der Waals surface area contributed by atoms with Gasteiger partial charge in [-0.05, 0) is 18.9 Å². The SMILES string of the molecule is Nc1cc(F)cc(F)c1N1CCCCS1(=O)=O. The number of nitrogens with zero attached hydrogens (tertiary/aromatic N) is 1. The molecule has 1 aliphatic heterocycles. The van der Waals surface area contributed by atoms with E-state index in [2.05, 4.69) is 0 Å². The van der Waals surface area contributed by atoms with Gasteiger partial charge in [-0.2, -0.15) is 0 Å². The zero-order chi connectivity index (χ0) is 12.6. The van der Waals surface area contributed by atoms with Crippen molar-refractivity contribution in [1.82, 2.24) is 0 Å². The van der Waals surface area contributed by atoms with E-state index in [-0.39, 0.29) is 23.7 Å². The van der Waals surface area contributed by atoms with E-state index in [0.29, 0.717) is 18.9 Å². The quantitative estimate of drug-likeness (QED) is 0.780. The Kier molecular flexibility index (Phi) is 2.94. The molecule has 1 heterocycles. The number of sulfonamides is 1. The first-order chi connectivity index (χ1) is 7.92.